The first kappa shape index (κ1) is 35.3. The Hall–Kier alpha value is -1.72. The van der Waals surface area contributed by atoms with Gasteiger partial charge in [-0.25, -0.2) is 22.2 Å². The molecule has 4 N–H and O–H groups in total. The molecule has 0 spiro atoms. The van der Waals surface area contributed by atoms with Crippen molar-refractivity contribution in [2.45, 2.75) is 28.5 Å². The molecule has 0 unspecified atom stereocenters. The summed E-state index contributed by atoms with van der Waals surface area (Å²) in [7, 11) is 0. The molecule has 11 heteroatoms. The van der Waals surface area contributed by atoms with Crippen molar-refractivity contribution in [1.29, 1.82) is 0 Å². The predicted octanol–water partition coefficient (Wildman–Crippen LogP) is 5.49. The van der Waals surface area contributed by atoms with Crippen molar-refractivity contribution < 1.29 is 82.0 Å². The number of benzene rings is 2. The number of carbonyl (C=O) groups is 2. The van der Waals surface area contributed by atoms with Gasteiger partial charge in [0.05, 0.1) is 23.0 Å². The van der Waals surface area contributed by atoms with Gasteiger partial charge in [0.15, 0.2) is 0 Å². The monoisotopic (exact) mass is 981 g/mol. The van der Waals surface area contributed by atoms with Crippen LogP contribution in [0, 0.1) is 88.2 Å². The van der Waals surface area contributed by atoms with Gasteiger partial charge in [-0.2, -0.15) is 60.3 Å². The zero-order chi connectivity index (χ0) is 25.8. The molecule has 0 amide bonds. The Morgan fingerprint density at radius 3 is 1.84 bits per heavy atom. The van der Waals surface area contributed by atoms with Crippen LogP contribution < -0.4 is 5.73 Å². The van der Waals surface area contributed by atoms with Crippen LogP contribution in [0.15, 0.2) is 88.0 Å². The SMILES string of the molecule is Cc1cc[c-]cc1S.Cc1cc[c-]cc1Sc1cnccc1C(=O)O.Nc1cnccc1C(=O)O.[U].[U]. The van der Waals surface area contributed by atoms with Gasteiger partial charge in [-0.1, -0.05) is 18.7 Å². The van der Waals surface area contributed by atoms with Crippen LogP contribution in [0.25, 0.3) is 0 Å². The van der Waals surface area contributed by atoms with Crippen molar-refractivity contribution in [3.8, 4) is 0 Å². The van der Waals surface area contributed by atoms with E-state index in [1.54, 1.807) is 6.20 Å². The molecule has 0 bridgehead atoms. The number of aromatic nitrogens is 2. The minimum absolute atomic E-state index is 0. The van der Waals surface area contributed by atoms with E-state index in [-0.39, 0.29) is 79.0 Å². The van der Waals surface area contributed by atoms with E-state index in [0.717, 1.165) is 15.4 Å². The second-order valence-corrected chi connectivity index (χ2v) is 8.52. The first-order chi connectivity index (χ1) is 16.7. The molecule has 2 aromatic carbocycles. The van der Waals surface area contributed by atoms with Crippen LogP contribution in [-0.2, 0) is 0 Å². The maximum absolute atomic E-state index is 11.0. The fourth-order valence-electron chi connectivity index (χ4n) is 2.46. The smallest absolute Gasteiger partial charge is 0.337 e. The van der Waals surface area contributed by atoms with Gasteiger partial charge in [-0.15, -0.1) is 16.0 Å². The number of hydrogen-bond acceptors (Lipinski definition) is 7. The Balaban J connectivity index is 0.000000557. The number of nitrogens with zero attached hydrogens (tertiary/aromatic N) is 2. The number of thiol groups is 1. The van der Waals surface area contributed by atoms with E-state index in [2.05, 4.69) is 34.7 Å². The molecule has 0 atom stereocenters. The maximum atomic E-state index is 11.0. The summed E-state index contributed by atoms with van der Waals surface area (Å²) in [5.41, 5.74) is 8.12. The van der Waals surface area contributed by atoms with E-state index in [1.165, 1.54) is 48.0 Å². The van der Waals surface area contributed by atoms with Crippen molar-refractivity contribution in [2.75, 3.05) is 5.73 Å². The normalized spacial score (nSPS) is 9.16. The summed E-state index contributed by atoms with van der Waals surface area (Å²) in [6.45, 7) is 4.00. The predicted molar refractivity (Wildman–Crippen MR) is 138 cm³/mol. The van der Waals surface area contributed by atoms with Crippen molar-refractivity contribution in [1.82, 2.24) is 9.97 Å². The van der Waals surface area contributed by atoms with Gasteiger partial charge in [0.25, 0.3) is 0 Å². The number of carboxylic acid groups (broad SMARTS) is 2. The van der Waals surface area contributed by atoms with Crippen LogP contribution in [0.4, 0.5) is 5.69 Å². The van der Waals surface area contributed by atoms with Crippen LogP contribution in [0.2, 0.25) is 0 Å². The fourth-order valence-corrected chi connectivity index (χ4v) is 3.58. The molecule has 0 radical (unpaired) electrons. The molecule has 2 aromatic heterocycles. The number of pyridine rings is 2. The molecule has 0 aliphatic carbocycles. The topological polar surface area (TPSA) is 126 Å². The van der Waals surface area contributed by atoms with E-state index < -0.39 is 11.9 Å². The third-order valence-electron chi connectivity index (χ3n) is 4.40. The Morgan fingerprint density at radius 1 is 0.838 bits per heavy atom. The molecule has 0 saturated heterocycles. The number of anilines is 1. The maximum Gasteiger partial charge on any atom is 0.337 e. The summed E-state index contributed by atoms with van der Waals surface area (Å²) in [6.07, 6.45) is 5.75. The van der Waals surface area contributed by atoms with Gasteiger partial charge < -0.3 is 15.9 Å². The Kier molecular flexibility index (Phi) is 17.7. The molecule has 4 rings (SSSR count). The Morgan fingerprint density at radius 2 is 1.38 bits per heavy atom. The van der Waals surface area contributed by atoms with Crippen molar-refractivity contribution in [2.24, 2.45) is 0 Å². The molecule has 37 heavy (non-hydrogen) atoms. The second kappa shape index (κ2) is 18.5. The third kappa shape index (κ3) is 12.1. The summed E-state index contributed by atoms with van der Waals surface area (Å²) in [6, 6.07) is 20.1. The summed E-state index contributed by atoms with van der Waals surface area (Å²) in [5.74, 6) is -1.97. The molecule has 188 valence electrons. The van der Waals surface area contributed by atoms with Crippen LogP contribution in [-0.4, -0.2) is 32.1 Å². The molecular formula is C26H23N3O4S2U2-2. The van der Waals surface area contributed by atoms with Gasteiger partial charge in [0.1, 0.15) is 0 Å². The van der Waals surface area contributed by atoms with Crippen LogP contribution >= 0.6 is 24.4 Å². The summed E-state index contributed by atoms with van der Waals surface area (Å²) in [5, 5.41) is 17.5. The fraction of sp³-hybridized carbons (Fsp3) is 0.0769. The van der Waals surface area contributed by atoms with E-state index in [4.69, 9.17) is 15.9 Å². The van der Waals surface area contributed by atoms with Crippen molar-refractivity contribution in [3.63, 3.8) is 0 Å². The first-order valence-corrected chi connectivity index (χ1v) is 11.4. The van der Waals surface area contributed by atoms with Crippen LogP contribution in [0.3, 0.4) is 0 Å². The van der Waals surface area contributed by atoms with Crippen LogP contribution in [0.5, 0.6) is 0 Å². The summed E-state index contributed by atoms with van der Waals surface area (Å²) < 4.78 is 0. The Labute approximate surface area is 273 Å². The average Bonchev–Trinajstić information content (AvgIpc) is 2.84. The minimum atomic E-state index is -1.03. The molecule has 7 nitrogen and oxygen atoms in total. The Bertz CT molecular complexity index is 1290. The quantitative estimate of drug-likeness (QED) is 0.157. The van der Waals surface area contributed by atoms with E-state index in [0.29, 0.717) is 4.90 Å². The minimum Gasteiger partial charge on any atom is -0.478 e. The van der Waals surface area contributed by atoms with Gasteiger partial charge in [0.2, 0.25) is 0 Å². The number of rotatable bonds is 4. The van der Waals surface area contributed by atoms with E-state index in [1.807, 2.05) is 50.2 Å². The molecular weight excluding hydrogens is 958 g/mol. The van der Waals surface area contributed by atoms with Crippen LogP contribution in [0.1, 0.15) is 31.8 Å². The molecule has 2 heterocycles. The number of nitrogens with two attached hydrogens (primary N) is 1. The number of aryl methyl sites for hydroxylation is 2. The standard InChI is InChI=1S/C13H10NO2S.C7H7S.C6H6N2O2.2U/c1-9-4-2-3-5-11(9)17-12-8-14-7-6-10(12)13(15)16;1-6-4-2-3-5-7(6)8;7-5-3-8-2-1-4(5)6(9)10;;/h2,4-8H,1H3,(H,15,16);2,4-5,8H,1H3;1-3H,7H2,(H,9,10);;/q2*-1;;;. The van der Waals surface area contributed by atoms with Gasteiger partial charge in [-0.05, 0) is 12.1 Å². The molecule has 4 aromatic rings. The first-order valence-electron chi connectivity index (χ1n) is 10.1. The molecule has 0 saturated carbocycles. The van der Waals surface area contributed by atoms with Crippen molar-refractivity contribution >= 4 is 42.0 Å². The zero-order valence-corrected chi connectivity index (χ0v) is 30.0. The second-order valence-electron chi connectivity index (χ2n) is 6.95. The number of carboxylic acids is 2. The number of aromatic carboxylic acids is 2. The largest absolute Gasteiger partial charge is 0.478 e. The average molecular weight is 982 g/mol. The zero-order valence-electron chi connectivity index (χ0n) is 20.0. The van der Waals surface area contributed by atoms with Crippen molar-refractivity contribution in [3.05, 3.63) is 108 Å². The van der Waals surface area contributed by atoms with Gasteiger partial charge >= 0.3 is 11.9 Å². The van der Waals surface area contributed by atoms with Gasteiger partial charge in [-0.3, -0.25) is 9.97 Å². The summed E-state index contributed by atoms with van der Waals surface area (Å²) in [4.78, 5) is 31.6. The molecule has 0 fully saturated rings. The molecule has 0 aliphatic heterocycles. The number of hydrogen-bond donors (Lipinski definition) is 4. The van der Waals surface area contributed by atoms with E-state index in [9.17, 15) is 9.59 Å². The molecule has 0 aliphatic rings. The number of nitrogen functional groups attached to an aromatic ring is 1. The van der Waals surface area contributed by atoms with Gasteiger partial charge in [0, 0.05) is 85.7 Å². The third-order valence-corrected chi connectivity index (χ3v) is 6.09. The summed E-state index contributed by atoms with van der Waals surface area (Å²) >= 11 is 5.56. The van der Waals surface area contributed by atoms with E-state index >= 15 is 0 Å².